The van der Waals surface area contributed by atoms with Gasteiger partial charge in [-0.15, -0.1) is 0 Å². The number of benzene rings is 1. The molecule has 16 heavy (non-hydrogen) atoms. The fourth-order valence-corrected chi connectivity index (χ4v) is 1.73. The van der Waals surface area contributed by atoms with Crippen LogP contribution in [0.2, 0.25) is 0 Å². The van der Waals surface area contributed by atoms with Gasteiger partial charge in [-0.25, -0.2) is 0 Å². The van der Waals surface area contributed by atoms with Crippen LogP contribution in [-0.4, -0.2) is 20.8 Å². The Morgan fingerprint density at radius 2 is 1.75 bits per heavy atom. The van der Waals surface area contributed by atoms with Crippen LogP contribution in [0.15, 0.2) is 18.2 Å². The van der Waals surface area contributed by atoms with E-state index in [4.69, 9.17) is 20.9 Å². The molecule has 0 spiro atoms. The zero-order valence-electron chi connectivity index (χ0n) is 9.90. The number of hydrogen-bond acceptors (Lipinski definition) is 4. The minimum absolute atomic E-state index is 0.102. The number of nitrogens with two attached hydrogens (primary N) is 2. The van der Waals surface area contributed by atoms with Gasteiger partial charge in [0.05, 0.1) is 19.8 Å². The molecule has 0 saturated carbocycles. The summed E-state index contributed by atoms with van der Waals surface area (Å²) >= 11 is 0. The van der Waals surface area contributed by atoms with Crippen molar-refractivity contribution in [3.63, 3.8) is 0 Å². The van der Waals surface area contributed by atoms with Gasteiger partial charge in [0.1, 0.15) is 11.5 Å². The summed E-state index contributed by atoms with van der Waals surface area (Å²) in [6.07, 6.45) is 1.72. The van der Waals surface area contributed by atoms with Gasteiger partial charge in [-0.1, -0.05) is 6.07 Å². The summed E-state index contributed by atoms with van der Waals surface area (Å²) in [6.45, 7) is 0.644. The zero-order chi connectivity index (χ0) is 12.0. The second-order valence-corrected chi connectivity index (χ2v) is 3.61. The standard InChI is InChI=1S/C12H20N2O2/c1-15-10-6-3-7-11(16-2)12(10)9(14)5-4-8-13/h3,6-7,9H,4-5,8,13-14H2,1-2H3/t9-/m1/s1. The van der Waals surface area contributed by atoms with E-state index in [-0.39, 0.29) is 6.04 Å². The normalized spacial score (nSPS) is 12.2. The fourth-order valence-electron chi connectivity index (χ4n) is 1.73. The van der Waals surface area contributed by atoms with Crippen LogP contribution in [0.25, 0.3) is 0 Å². The molecule has 1 aromatic rings. The Bertz CT molecular complexity index is 307. The van der Waals surface area contributed by atoms with Crippen molar-refractivity contribution < 1.29 is 9.47 Å². The molecule has 1 aromatic carbocycles. The topological polar surface area (TPSA) is 70.5 Å². The zero-order valence-corrected chi connectivity index (χ0v) is 9.90. The van der Waals surface area contributed by atoms with Crippen LogP contribution in [0.3, 0.4) is 0 Å². The van der Waals surface area contributed by atoms with Crippen LogP contribution in [0.5, 0.6) is 11.5 Å². The van der Waals surface area contributed by atoms with Crippen molar-refractivity contribution >= 4 is 0 Å². The van der Waals surface area contributed by atoms with E-state index in [1.807, 2.05) is 18.2 Å². The van der Waals surface area contributed by atoms with Gasteiger partial charge in [-0.3, -0.25) is 0 Å². The number of methoxy groups -OCH3 is 2. The second-order valence-electron chi connectivity index (χ2n) is 3.61. The summed E-state index contributed by atoms with van der Waals surface area (Å²) in [5.41, 5.74) is 12.5. The molecule has 1 rings (SSSR count). The molecule has 4 N–H and O–H groups in total. The average Bonchev–Trinajstić information content (AvgIpc) is 2.34. The number of hydrogen-bond donors (Lipinski definition) is 2. The van der Waals surface area contributed by atoms with E-state index in [2.05, 4.69) is 0 Å². The fraction of sp³-hybridized carbons (Fsp3) is 0.500. The Hall–Kier alpha value is -1.26. The minimum Gasteiger partial charge on any atom is -0.496 e. The van der Waals surface area contributed by atoms with E-state index in [0.29, 0.717) is 6.54 Å². The highest BCUT2D eigenvalue weighted by molar-refractivity contribution is 5.46. The van der Waals surface area contributed by atoms with E-state index >= 15 is 0 Å². The molecule has 0 unspecified atom stereocenters. The molecule has 0 radical (unpaired) electrons. The average molecular weight is 224 g/mol. The monoisotopic (exact) mass is 224 g/mol. The van der Waals surface area contributed by atoms with Crippen molar-refractivity contribution in [3.05, 3.63) is 23.8 Å². The molecule has 0 aliphatic rings. The van der Waals surface area contributed by atoms with Crippen molar-refractivity contribution in [3.8, 4) is 11.5 Å². The molecule has 0 bridgehead atoms. The van der Waals surface area contributed by atoms with Crippen molar-refractivity contribution in [2.75, 3.05) is 20.8 Å². The molecule has 4 heteroatoms. The first kappa shape index (κ1) is 12.8. The number of ether oxygens (including phenoxy) is 2. The Labute approximate surface area is 96.5 Å². The Balaban J connectivity index is 2.97. The maximum absolute atomic E-state index is 6.12. The molecular weight excluding hydrogens is 204 g/mol. The molecule has 1 atom stereocenters. The quantitative estimate of drug-likeness (QED) is 0.767. The third-order valence-corrected chi connectivity index (χ3v) is 2.56. The summed E-state index contributed by atoms with van der Waals surface area (Å²) in [4.78, 5) is 0. The number of rotatable bonds is 6. The highest BCUT2D eigenvalue weighted by atomic mass is 16.5. The molecular formula is C12H20N2O2. The lowest BCUT2D eigenvalue weighted by Crippen LogP contribution is -2.14. The Morgan fingerprint density at radius 3 is 2.19 bits per heavy atom. The lowest BCUT2D eigenvalue weighted by atomic mass is 10.0. The van der Waals surface area contributed by atoms with E-state index in [9.17, 15) is 0 Å². The summed E-state index contributed by atoms with van der Waals surface area (Å²) in [7, 11) is 3.27. The van der Waals surface area contributed by atoms with Gasteiger partial charge in [0.25, 0.3) is 0 Å². The summed E-state index contributed by atoms with van der Waals surface area (Å²) in [5.74, 6) is 1.53. The molecule has 4 nitrogen and oxygen atoms in total. The predicted molar refractivity (Wildman–Crippen MR) is 64.8 cm³/mol. The molecule has 0 amide bonds. The minimum atomic E-state index is -0.102. The summed E-state index contributed by atoms with van der Waals surface area (Å²) in [6, 6.07) is 5.56. The van der Waals surface area contributed by atoms with Crippen LogP contribution >= 0.6 is 0 Å². The van der Waals surface area contributed by atoms with Crippen LogP contribution in [0, 0.1) is 0 Å². The van der Waals surface area contributed by atoms with E-state index in [1.165, 1.54) is 0 Å². The molecule has 0 heterocycles. The van der Waals surface area contributed by atoms with Crippen LogP contribution in [-0.2, 0) is 0 Å². The first-order chi connectivity index (χ1) is 7.74. The van der Waals surface area contributed by atoms with Gasteiger partial charge in [0.15, 0.2) is 0 Å². The first-order valence-electron chi connectivity index (χ1n) is 5.41. The smallest absolute Gasteiger partial charge is 0.127 e. The van der Waals surface area contributed by atoms with Gasteiger partial charge >= 0.3 is 0 Å². The second kappa shape index (κ2) is 6.35. The third-order valence-electron chi connectivity index (χ3n) is 2.56. The molecule has 0 aliphatic heterocycles. The van der Waals surface area contributed by atoms with Crippen molar-refractivity contribution in [1.82, 2.24) is 0 Å². The maximum Gasteiger partial charge on any atom is 0.127 e. The summed E-state index contributed by atoms with van der Waals surface area (Å²) in [5, 5.41) is 0. The molecule has 0 fully saturated rings. The van der Waals surface area contributed by atoms with E-state index < -0.39 is 0 Å². The van der Waals surface area contributed by atoms with Crippen LogP contribution < -0.4 is 20.9 Å². The Morgan fingerprint density at radius 1 is 1.19 bits per heavy atom. The molecule has 0 saturated heterocycles. The largest absolute Gasteiger partial charge is 0.496 e. The Kier molecular flexibility index (Phi) is 5.08. The van der Waals surface area contributed by atoms with Crippen molar-refractivity contribution in [2.45, 2.75) is 18.9 Å². The molecule has 90 valence electrons. The van der Waals surface area contributed by atoms with E-state index in [0.717, 1.165) is 29.9 Å². The van der Waals surface area contributed by atoms with Crippen molar-refractivity contribution in [2.24, 2.45) is 11.5 Å². The summed E-state index contributed by atoms with van der Waals surface area (Å²) < 4.78 is 10.6. The van der Waals surface area contributed by atoms with Gasteiger partial charge < -0.3 is 20.9 Å². The molecule has 0 aliphatic carbocycles. The van der Waals surface area contributed by atoms with Gasteiger partial charge in [0, 0.05) is 6.04 Å². The SMILES string of the molecule is COc1cccc(OC)c1[C@H](N)CCCN. The molecule has 0 aromatic heterocycles. The maximum atomic E-state index is 6.12. The highest BCUT2D eigenvalue weighted by Crippen LogP contribution is 2.34. The van der Waals surface area contributed by atoms with E-state index in [1.54, 1.807) is 14.2 Å². The first-order valence-corrected chi connectivity index (χ1v) is 5.41. The highest BCUT2D eigenvalue weighted by Gasteiger charge is 2.16. The van der Waals surface area contributed by atoms with Gasteiger partial charge in [-0.05, 0) is 31.5 Å². The van der Waals surface area contributed by atoms with Gasteiger partial charge in [-0.2, -0.15) is 0 Å². The lowest BCUT2D eigenvalue weighted by molar-refractivity contribution is 0.376. The van der Waals surface area contributed by atoms with Crippen LogP contribution in [0.4, 0.5) is 0 Å². The lowest BCUT2D eigenvalue weighted by Gasteiger charge is -2.18. The van der Waals surface area contributed by atoms with Gasteiger partial charge in [0.2, 0.25) is 0 Å². The van der Waals surface area contributed by atoms with Crippen molar-refractivity contribution in [1.29, 1.82) is 0 Å². The third kappa shape index (κ3) is 2.87. The van der Waals surface area contributed by atoms with Crippen LogP contribution in [0.1, 0.15) is 24.4 Å². The predicted octanol–water partition coefficient (Wildman–Crippen LogP) is 1.44.